The fourth-order valence-corrected chi connectivity index (χ4v) is 2.58. The van der Waals surface area contributed by atoms with Crippen molar-refractivity contribution in [3.63, 3.8) is 0 Å². The zero-order valence-electron chi connectivity index (χ0n) is 12.2. The van der Waals surface area contributed by atoms with Crippen molar-refractivity contribution in [2.45, 2.75) is 31.7 Å². The van der Waals surface area contributed by atoms with Crippen molar-refractivity contribution < 1.29 is 19.1 Å². The summed E-state index contributed by atoms with van der Waals surface area (Å²) in [5, 5.41) is 2.95. The molecule has 1 aliphatic carbocycles. The lowest BCUT2D eigenvalue weighted by molar-refractivity contribution is -0.146. The Labute approximate surface area is 124 Å². The number of ether oxygens (including phenoxy) is 2. The minimum atomic E-state index is -0.146. The minimum Gasteiger partial charge on any atom is -0.484 e. The van der Waals surface area contributed by atoms with Crippen LogP contribution in [0.4, 0.5) is 0 Å². The fourth-order valence-electron chi connectivity index (χ4n) is 2.58. The molecule has 1 N–H and O–H groups in total. The smallest absolute Gasteiger partial charge is 0.308 e. The van der Waals surface area contributed by atoms with Gasteiger partial charge < -0.3 is 14.8 Å². The number of hydrogen-bond acceptors (Lipinski definition) is 4. The summed E-state index contributed by atoms with van der Waals surface area (Å²) >= 11 is 0. The molecular weight excluding hydrogens is 270 g/mol. The molecule has 0 aliphatic heterocycles. The minimum absolute atomic E-state index is 0.0148. The average Bonchev–Trinajstić information content (AvgIpc) is 2.54. The lowest BCUT2D eigenvalue weighted by Gasteiger charge is -2.27. The van der Waals surface area contributed by atoms with Gasteiger partial charge in [-0.1, -0.05) is 18.2 Å². The summed E-state index contributed by atoms with van der Waals surface area (Å²) in [6.07, 6.45) is 3.13. The van der Waals surface area contributed by atoms with Crippen LogP contribution in [0.15, 0.2) is 30.3 Å². The van der Waals surface area contributed by atoms with Gasteiger partial charge in [-0.2, -0.15) is 0 Å². The van der Waals surface area contributed by atoms with E-state index in [1.54, 1.807) is 0 Å². The van der Waals surface area contributed by atoms with Gasteiger partial charge in [0.25, 0.3) is 5.91 Å². The Hall–Kier alpha value is -2.04. The molecule has 0 radical (unpaired) electrons. The van der Waals surface area contributed by atoms with E-state index in [9.17, 15) is 9.59 Å². The van der Waals surface area contributed by atoms with E-state index in [0.717, 1.165) is 25.7 Å². The van der Waals surface area contributed by atoms with Crippen LogP contribution < -0.4 is 10.1 Å². The lowest BCUT2D eigenvalue weighted by atomic mass is 9.86. The van der Waals surface area contributed by atoms with Crippen LogP contribution in [-0.4, -0.2) is 31.6 Å². The maximum atomic E-state index is 11.8. The molecule has 0 bridgehead atoms. The molecule has 0 spiro atoms. The van der Waals surface area contributed by atoms with Gasteiger partial charge in [-0.3, -0.25) is 9.59 Å². The van der Waals surface area contributed by atoms with Crippen molar-refractivity contribution in [2.75, 3.05) is 13.7 Å². The van der Waals surface area contributed by atoms with E-state index in [-0.39, 0.29) is 30.4 Å². The highest BCUT2D eigenvalue weighted by molar-refractivity contribution is 5.78. The monoisotopic (exact) mass is 291 g/mol. The number of nitrogens with one attached hydrogen (secondary N) is 1. The van der Waals surface area contributed by atoms with E-state index in [1.165, 1.54) is 7.11 Å². The Bertz CT molecular complexity index is 466. The largest absolute Gasteiger partial charge is 0.484 e. The number of carbonyl (C=O) groups excluding carboxylic acids is 2. The van der Waals surface area contributed by atoms with E-state index < -0.39 is 0 Å². The molecule has 0 heterocycles. The summed E-state index contributed by atoms with van der Waals surface area (Å²) < 4.78 is 10.1. The number of rotatable bonds is 5. The lowest BCUT2D eigenvalue weighted by Crippen LogP contribution is -2.41. The number of esters is 1. The molecule has 1 aromatic carbocycles. The number of carbonyl (C=O) groups is 2. The highest BCUT2D eigenvalue weighted by Crippen LogP contribution is 2.25. The van der Waals surface area contributed by atoms with Gasteiger partial charge in [-0.15, -0.1) is 0 Å². The number of para-hydroxylation sites is 1. The third kappa shape index (κ3) is 4.77. The molecule has 1 fully saturated rings. The molecule has 2 rings (SSSR count). The van der Waals surface area contributed by atoms with Crippen LogP contribution in [0.3, 0.4) is 0 Å². The first-order valence-electron chi connectivity index (χ1n) is 7.24. The van der Waals surface area contributed by atoms with Gasteiger partial charge in [0.05, 0.1) is 13.0 Å². The molecule has 0 aromatic heterocycles. The molecule has 1 saturated carbocycles. The molecule has 0 saturated heterocycles. The maximum Gasteiger partial charge on any atom is 0.308 e. The molecule has 1 aliphatic rings. The Kier molecular flexibility index (Phi) is 5.60. The molecule has 114 valence electrons. The second-order valence-corrected chi connectivity index (χ2v) is 5.24. The normalized spacial score (nSPS) is 21.4. The second-order valence-electron chi connectivity index (χ2n) is 5.24. The van der Waals surface area contributed by atoms with Gasteiger partial charge >= 0.3 is 5.97 Å². The third-order valence-corrected chi connectivity index (χ3v) is 3.74. The molecule has 1 aromatic rings. The SMILES string of the molecule is COC(=O)C1CCC(NC(=O)COc2ccccc2)CC1. The van der Waals surface area contributed by atoms with Crippen molar-refractivity contribution in [3.05, 3.63) is 30.3 Å². The van der Waals surface area contributed by atoms with Crippen LogP contribution >= 0.6 is 0 Å². The summed E-state index contributed by atoms with van der Waals surface area (Å²) in [4.78, 5) is 23.3. The first kappa shape index (κ1) is 15.4. The van der Waals surface area contributed by atoms with Crippen molar-refractivity contribution in [3.8, 4) is 5.75 Å². The first-order valence-corrected chi connectivity index (χ1v) is 7.24. The average molecular weight is 291 g/mol. The molecule has 1 amide bonds. The van der Waals surface area contributed by atoms with E-state index in [1.807, 2.05) is 30.3 Å². The Balaban J connectivity index is 1.68. The molecule has 0 unspecified atom stereocenters. The van der Waals surface area contributed by atoms with Crippen molar-refractivity contribution in [2.24, 2.45) is 5.92 Å². The molecular formula is C16H21NO4. The van der Waals surface area contributed by atoms with E-state index in [4.69, 9.17) is 9.47 Å². The van der Waals surface area contributed by atoms with Gasteiger partial charge in [0, 0.05) is 6.04 Å². The number of amides is 1. The predicted molar refractivity (Wildman–Crippen MR) is 77.8 cm³/mol. The summed E-state index contributed by atoms with van der Waals surface area (Å²) in [7, 11) is 1.41. The zero-order chi connectivity index (χ0) is 15.1. The topological polar surface area (TPSA) is 64.6 Å². The second kappa shape index (κ2) is 7.67. The summed E-state index contributed by atoms with van der Waals surface area (Å²) in [5.41, 5.74) is 0. The van der Waals surface area contributed by atoms with Gasteiger partial charge in [0.2, 0.25) is 0 Å². The van der Waals surface area contributed by atoms with Crippen molar-refractivity contribution >= 4 is 11.9 Å². The number of hydrogen-bond donors (Lipinski definition) is 1. The standard InChI is InChI=1S/C16H21NO4/c1-20-16(19)12-7-9-13(10-8-12)17-15(18)11-21-14-5-3-2-4-6-14/h2-6,12-13H,7-11H2,1H3,(H,17,18). The van der Waals surface area contributed by atoms with Gasteiger partial charge in [0.15, 0.2) is 6.61 Å². The van der Waals surface area contributed by atoms with Gasteiger partial charge in [-0.25, -0.2) is 0 Å². The van der Waals surface area contributed by atoms with E-state index >= 15 is 0 Å². The van der Waals surface area contributed by atoms with Crippen LogP contribution in [-0.2, 0) is 14.3 Å². The van der Waals surface area contributed by atoms with Crippen LogP contribution in [0, 0.1) is 5.92 Å². The molecule has 0 atom stereocenters. The summed E-state index contributed by atoms with van der Waals surface area (Å²) in [6, 6.07) is 9.37. The summed E-state index contributed by atoms with van der Waals surface area (Å²) in [5.74, 6) is 0.387. The van der Waals surface area contributed by atoms with Crippen molar-refractivity contribution in [1.82, 2.24) is 5.32 Å². The fraction of sp³-hybridized carbons (Fsp3) is 0.500. The van der Waals surface area contributed by atoms with Gasteiger partial charge in [-0.05, 0) is 37.8 Å². The molecule has 21 heavy (non-hydrogen) atoms. The molecule has 5 nitrogen and oxygen atoms in total. The van der Waals surface area contributed by atoms with E-state index in [2.05, 4.69) is 5.32 Å². The number of benzene rings is 1. The summed E-state index contributed by atoms with van der Waals surface area (Å²) in [6.45, 7) is 0.0148. The Morgan fingerprint density at radius 3 is 2.43 bits per heavy atom. The Morgan fingerprint density at radius 2 is 1.81 bits per heavy atom. The van der Waals surface area contributed by atoms with Crippen LogP contribution in [0.2, 0.25) is 0 Å². The highest BCUT2D eigenvalue weighted by Gasteiger charge is 2.27. The van der Waals surface area contributed by atoms with Crippen LogP contribution in [0.25, 0.3) is 0 Å². The predicted octanol–water partition coefficient (Wildman–Crippen LogP) is 1.91. The van der Waals surface area contributed by atoms with Crippen LogP contribution in [0.1, 0.15) is 25.7 Å². The maximum absolute atomic E-state index is 11.8. The first-order chi connectivity index (χ1) is 10.2. The molecule has 5 heteroatoms. The third-order valence-electron chi connectivity index (χ3n) is 3.74. The van der Waals surface area contributed by atoms with Gasteiger partial charge in [0.1, 0.15) is 5.75 Å². The van der Waals surface area contributed by atoms with Crippen LogP contribution in [0.5, 0.6) is 5.75 Å². The zero-order valence-corrected chi connectivity index (χ0v) is 12.2. The highest BCUT2D eigenvalue weighted by atomic mass is 16.5. The van der Waals surface area contributed by atoms with Crippen molar-refractivity contribution in [1.29, 1.82) is 0 Å². The van der Waals surface area contributed by atoms with E-state index in [0.29, 0.717) is 5.75 Å². The number of methoxy groups -OCH3 is 1. The quantitative estimate of drug-likeness (QED) is 0.842. The Morgan fingerprint density at radius 1 is 1.14 bits per heavy atom.